The van der Waals surface area contributed by atoms with Gasteiger partial charge in [-0.1, -0.05) is 0 Å². The van der Waals surface area contributed by atoms with Crippen molar-refractivity contribution in [3.8, 4) is 23.5 Å². The first-order chi connectivity index (χ1) is 13.4. The third-order valence-electron chi connectivity index (χ3n) is 3.84. The van der Waals surface area contributed by atoms with Gasteiger partial charge in [0, 0.05) is 17.0 Å². The molecule has 0 N–H and O–H groups in total. The second-order valence-corrected chi connectivity index (χ2v) is 5.49. The van der Waals surface area contributed by atoms with Crippen molar-refractivity contribution in [3.63, 3.8) is 0 Å². The van der Waals surface area contributed by atoms with Gasteiger partial charge in [0.25, 0.3) is 0 Å². The number of ether oxygens (including phenoxy) is 4. The smallest absolute Gasteiger partial charge is 0.545 e. The fourth-order valence-electron chi connectivity index (χ4n) is 2.63. The van der Waals surface area contributed by atoms with Gasteiger partial charge in [-0.3, -0.25) is 0 Å². The van der Waals surface area contributed by atoms with E-state index < -0.39 is 11.9 Å². The molecule has 29 heavy (non-hydrogen) atoms. The van der Waals surface area contributed by atoms with Crippen molar-refractivity contribution in [1.82, 2.24) is 9.97 Å². The van der Waals surface area contributed by atoms with Gasteiger partial charge in [-0.25, -0.2) is 4.79 Å². The average molecular weight is 410 g/mol. The summed E-state index contributed by atoms with van der Waals surface area (Å²) in [5.41, 5.74) is -0.202. The Kier molecular flexibility index (Phi) is 7.07. The van der Waals surface area contributed by atoms with Gasteiger partial charge < -0.3 is 33.3 Å². The maximum Gasteiger partial charge on any atom is 1.00 e. The van der Waals surface area contributed by atoms with Crippen molar-refractivity contribution in [2.75, 3.05) is 21.3 Å². The molecule has 0 aliphatic heterocycles. The van der Waals surface area contributed by atoms with E-state index in [9.17, 15) is 14.7 Å². The van der Waals surface area contributed by atoms with Crippen LogP contribution in [-0.4, -0.2) is 43.2 Å². The van der Waals surface area contributed by atoms with E-state index in [2.05, 4.69) is 9.97 Å². The molecule has 0 spiro atoms. The normalized spacial score (nSPS) is 10.2. The number of benzene rings is 1. The Labute approximate surface area is 187 Å². The van der Waals surface area contributed by atoms with Crippen molar-refractivity contribution < 1.29 is 67.6 Å². The predicted molar refractivity (Wildman–Crippen MR) is 91.8 cm³/mol. The molecule has 0 aliphatic carbocycles. The summed E-state index contributed by atoms with van der Waals surface area (Å²) in [6, 6.07) is 3.88. The molecule has 0 bridgehead atoms. The number of rotatable bonds is 6. The summed E-state index contributed by atoms with van der Waals surface area (Å²) in [7, 11) is 4.00. The molecule has 0 atom stereocenters. The second kappa shape index (κ2) is 9.12. The van der Waals surface area contributed by atoms with Crippen molar-refractivity contribution in [1.29, 1.82) is 0 Å². The van der Waals surface area contributed by atoms with Crippen LogP contribution in [0.1, 0.15) is 26.5 Å². The quantitative estimate of drug-likeness (QED) is 0.349. The van der Waals surface area contributed by atoms with Crippen LogP contribution >= 0.6 is 0 Å². The fourth-order valence-corrected chi connectivity index (χ4v) is 2.63. The minimum atomic E-state index is -1.52. The van der Waals surface area contributed by atoms with Gasteiger partial charge >= 0.3 is 41.5 Å². The fraction of sp³-hybridized carbons (Fsp3) is 0.222. The van der Waals surface area contributed by atoms with Crippen LogP contribution in [-0.2, 0) is 4.74 Å². The summed E-state index contributed by atoms with van der Waals surface area (Å²) in [4.78, 5) is 31.7. The monoisotopic (exact) mass is 410 g/mol. The first-order valence-electron chi connectivity index (χ1n) is 7.89. The summed E-state index contributed by atoms with van der Waals surface area (Å²) in [5, 5.41) is 11.7. The van der Waals surface area contributed by atoms with Crippen LogP contribution in [0.25, 0.3) is 11.0 Å². The van der Waals surface area contributed by atoms with E-state index in [0.29, 0.717) is 0 Å². The number of hydrogen-bond acceptors (Lipinski definition) is 10. The van der Waals surface area contributed by atoms with Crippen LogP contribution in [0.3, 0.4) is 0 Å². The topological polar surface area (TPSA) is 133 Å². The molecule has 11 heteroatoms. The number of aryl methyl sites for hydroxylation is 1. The largest absolute Gasteiger partial charge is 1.00 e. The molecular weight excluding hydrogens is 395 g/mol. The van der Waals surface area contributed by atoms with Gasteiger partial charge in [-0.2, -0.15) is 9.97 Å². The molecule has 0 aliphatic rings. The first kappa shape index (κ1) is 22.5. The van der Waals surface area contributed by atoms with E-state index >= 15 is 0 Å². The number of esters is 1. The molecule has 0 saturated carbocycles. The number of methoxy groups -OCH3 is 3. The maximum absolute atomic E-state index is 12.0. The zero-order valence-corrected chi connectivity index (χ0v) is 18.4. The Morgan fingerprint density at radius 1 is 1.03 bits per heavy atom. The number of carbonyl (C=O) groups is 2. The van der Waals surface area contributed by atoms with E-state index in [1.807, 2.05) is 0 Å². The molecule has 10 nitrogen and oxygen atoms in total. The summed E-state index contributed by atoms with van der Waals surface area (Å²) >= 11 is 0. The maximum atomic E-state index is 12.0. The number of carbonyl (C=O) groups excluding carboxylic acids is 2. The number of furan rings is 1. The number of carboxylic acids is 1. The van der Waals surface area contributed by atoms with Crippen molar-refractivity contribution >= 4 is 22.9 Å². The molecule has 3 rings (SSSR count). The van der Waals surface area contributed by atoms with E-state index in [1.54, 1.807) is 0 Å². The number of aromatic carboxylic acids is 1. The van der Waals surface area contributed by atoms with Crippen molar-refractivity contribution in [2.24, 2.45) is 0 Å². The van der Waals surface area contributed by atoms with Gasteiger partial charge in [0.05, 0.1) is 33.4 Å². The Morgan fingerprint density at radius 3 is 2.17 bits per heavy atom. The molecule has 146 valence electrons. The molecular formula is C18H15N2NaO8. The zero-order valence-electron chi connectivity index (χ0n) is 16.4. The van der Waals surface area contributed by atoms with E-state index in [-0.39, 0.29) is 80.9 Å². The molecule has 0 amide bonds. The average Bonchev–Trinajstić information content (AvgIpc) is 3.01. The molecule has 3 aromatic rings. The van der Waals surface area contributed by atoms with E-state index in [0.717, 1.165) is 0 Å². The van der Waals surface area contributed by atoms with Crippen LogP contribution in [0.4, 0.5) is 0 Å². The summed E-state index contributed by atoms with van der Waals surface area (Å²) < 4.78 is 25.9. The van der Waals surface area contributed by atoms with Gasteiger partial charge in [-0.15, -0.1) is 0 Å². The first-order valence-corrected chi connectivity index (χ1v) is 7.89. The Hall–Kier alpha value is -2.82. The third-order valence-corrected chi connectivity index (χ3v) is 3.84. The Balaban J connectivity index is 0.00000300. The standard InChI is InChI=1S/C18H16N2O8.Na/c1-8-14(17(23)26-4)15-10(16(21)22)5-9(6-11(15)27-8)28-18-19-12(24-2)7-13(20-18)25-3;/h5-7H,1-4H3,(H,21,22);/q;+1/p-1. The predicted octanol–water partition coefficient (Wildman–Crippen LogP) is -1.51. The van der Waals surface area contributed by atoms with Crippen molar-refractivity contribution in [3.05, 3.63) is 35.1 Å². The molecule has 0 saturated heterocycles. The van der Waals surface area contributed by atoms with Gasteiger partial charge in [0.1, 0.15) is 22.7 Å². The number of nitrogens with zero attached hydrogens (tertiary/aromatic N) is 2. The molecule has 0 radical (unpaired) electrons. The number of hydrogen-bond donors (Lipinski definition) is 0. The summed E-state index contributed by atoms with van der Waals surface area (Å²) in [5.74, 6) is -1.64. The SMILES string of the molecule is COC(=O)c1c(C)oc2cc(Oc3nc(OC)cc(OC)n3)cc(C(=O)[O-])c12.[Na+]. The summed E-state index contributed by atoms with van der Waals surface area (Å²) in [6.07, 6.45) is 0. The van der Waals surface area contributed by atoms with Crippen LogP contribution in [0.15, 0.2) is 22.6 Å². The molecule has 2 aromatic heterocycles. The Bertz CT molecular complexity index is 1060. The Morgan fingerprint density at radius 2 is 1.66 bits per heavy atom. The molecule has 0 fully saturated rings. The van der Waals surface area contributed by atoms with Gasteiger partial charge in [0.15, 0.2) is 0 Å². The minimum absolute atomic E-state index is 0. The third kappa shape index (κ3) is 4.44. The van der Waals surface area contributed by atoms with Crippen molar-refractivity contribution in [2.45, 2.75) is 6.92 Å². The molecule has 1 aromatic carbocycles. The second-order valence-electron chi connectivity index (χ2n) is 5.49. The molecule has 2 heterocycles. The number of aromatic nitrogens is 2. The minimum Gasteiger partial charge on any atom is -0.545 e. The van der Waals surface area contributed by atoms with Crippen LogP contribution in [0.5, 0.6) is 23.5 Å². The summed E-state index contributed by atoms with van der Waals surface area (Å²) in [6.45, 7) is 1.52. The molecule has 0 unspecified atom stereocenters. The number of fused-ring (bicyclic) bond motifs is 1. The van der Waals surface area contributed by atoms with Gasteiger partial charge in [-0.05, 0) is 13.0 Å². The van der Waals surface area contributed by atoms with E-state index in [4.69, 9.17) is 23.4 Å². The zero-order chi connectivity index (χ0) is 20.4. The van der Waals surface area contributed by atoms with E-state index in [1.165, 1.54) is 46.5 Å². The van der Waals surface area contributed by atoms with Crippen LogP contribution < -0.4 is 48.9 Å². The van der Waals surface area contributed by atoms with Crippen LogP contribution in [0, 0.1) is 6.92 Å². The number of carboxylic acid groups (broad SMARTS) is 1. The van der Waals surface area contributed by atoms with Gasteiger partial charge in [0.2, 0.25) is 11.8 Å². The van der Waals surface area contributed by atoms with Crippen LogP contribution in [0.2, 0.25) is 0 Å².